The van der Waals surface area contributed by atoms with Crippen LogP contribution in [0.4, 0.5) is 0 Å². The van der Waals surface area contributed by atoms with E-state index in [1.807, 2.05) is 18.2 Å². The first kappa shape index (κ1) is 17.2. The maximum Gasteiger partial charge on any atom is 0.251 e. The third-order valence-electron chi connectivity index (χ3n) is 4.63. The summed E-state index contributed by atoms with van der Waals surface area (Å²) in [6.07, 6.45) is 2.59. The molecule has 1 N–H and O–H groups in total. The molecule has 0 aliphatic carbocycles. The van der Waals surface area contributed by atoms with Crippen molar-refractivity contribution < 1.29 is 14.3 Å². The predicted octanol–water partition coefficient (Wildman–Crippen LogP) is 2.31. The molecule has 2 heterocycles. The van der Waals surface area contributed by atoms with E-state index in [0.717, 1.165) is 25.4 Å². The van der Waals surface area contributed by atoms with Crippen molar-refractivity contribution in [3.05, 3.63) is 29.8 Å². The van der Waals surface area contributed by atoms with Gasteiger partial charge in [-0.3, -0.25) is 9.69 Å². The number of hydrogen-bond acceptors (Lipinski definition) is 4. The molecule has 1 amide bonds. The second-order valence-electron chi connectivity index (χ2n) is 7.19. The van der Waals surface area contributed by atoms with Crippen molar-refractivity contribution >= 4 is 5.91 Å². The van der Waals surface area contributed by atoms with Gasteiger partial charge in [-0.25, -0.2) is 0 Å². The lowest BCUT2D eigenvalue weighted by Gasteiger charge is -2.35. The summed E-state index contributed by atoms with van der Waals surface area (Å²) in [7, 11) is 0. The number of morpholine rings is 1. The van der Waals surface area contributed by atoms with Crippen LogP contribution >= 0.6 is 0 Å². The molecule has 0 bridgehead atoms. The minimum Gasteiger partial charge on any atom is -0.493 e. The fraction of sp³-hybridized carbons (Fsp3) is 0.632. The van der Waals surface area contributed by atoms with Crippen LogP contribution in [0.2, 0.25) is 0 Å². The molecule has 1 aromatic carbocycles. The van der Waals surface area contributed by atoms with Crippen molar-refractivity contribution in [3.8, 4) is 5.75 Å². The number of fused-ring (bicyclic) bond motifs is 1. The highest BCUT2D eigenvalue weighted by molar-refractivity contribution is 5.94. The molecule has 132 valence electrons. The maximum absolute atomic E-state index is 12.4. The van der Waals surface area contributed by atoms with Crippen LogP contribution in [0.5, 0.6) is 5.75 Å². The van der Waals surface area contributed by atoms with E-state index < -0.39 is 0 Å². The van der Waals surface area contributed by atoms with E-state index in [4.69, 9.17) is 9.47 Å². The highest BCUT2D eigenvalue weighted by Crippen LogP contribution is 2.22. The van der Waals surface area contributed by atoms with Crippen LogP contribution in [-0.4, -0.2) is 55.8 Å². The molecule has 2 atom stereocenters. The topological polar surface area (TPSA) is 50.8 Å². The molecule has 2 fully saturated rings. The number of nitrogens with one attached hydrogen (secondary N) is 1. The van der Waals surface area contributed by atoms with Gasteiger partial charge in [0.1, 0.15) is 5.75 Å². The lowest BCUT2D eigenvalue weighted by molar-refractivity contribution is -0.0461. The van der Waals surface area contributed by atoms with Crippen LogP contribution in [0, 0.1) is 5.92 Å². The average Bonchev–Trinajstić information content (AvgIpc) is 3.06. The highest BCUT2D eigenvalue weighted by Gasteiger charge is 2.32. The van der Waals surface area contributed by atoms with E-state index in [-0.39, 0.29) is 12.0 Å². The Bertz CT molecular complexity index is 561. The van der Waals surface area contributed by atoms with Crippen molar-refractivity contribution in [3.63, 3.8) is 0 Å². The van der Waals surface area contributed by atoms with E-state index in [1.54, 1.807) is 6.07 Å². The molecule has 0 radical (unpaired) electrons. The number of nitrogens with zero attached hydrogens (tertiary/aromatic N) is 1. The lowest BCUT2D eigenvalue weighted by Crippen LogP contribution is -2.50. The van der Waals surface area contributed by atoms with Crippen molar-refractivity contribution in [2.75, 3.05) is 32.8 Å². The standard InChI is InChI=1S/C19H28N2O3/c1-14(2)12-23-17-7-3-5-15(9-17)19(22)20-10-18-11-21-8-4-6-16(21)13-24-18/h3,5,7,9,14,16,18H,4,6,8,10-13H2,1-2H3,(H,20,22)/t16-,18-/m0/s1. The van der Waals surface area contributed by atoms with Gasteiger partial charge in [0.15, 0.2) is 0 Å². The number of carbonyl (C=O) groups is 1. The van der Waals surface area contributed by atoms with Crippen LogP contribution in [0.25, 0.3) is 0 Å². The first-order valence-electron chi connectivity index (χ1n) is 8.98. The summed E-state index contributed by atoms with van der Waals surface area (Å²) in [5.41, 5.74) is 0.631. The Labute approximate surface area is 144 Å². The summed E-state index contributed by atoms with van der Waals surface area (Å²) in [4.78, 5) is 14.9. The predicted molar refractivity (Wildman–Crippen MR) is 93.4 cm³/mol. The first-order chi connectivity index (χ1) is 11.6. The molecule has 5 nitrogen and oxygen atoms in total. The van der Waals surface area contributed by atoms with Crippen molar-refractivity contribution in [2.45, 2.75) is 38.8 Å². The van der Waals surface area contributed by atoms with Gasteiger partial charge in [0.2, 0.25) is 0 Å². The molecule has 0 spiro atoms. The molecule has 0 aromatic heterocycles. The maximum atomic E-state index is 12.4. The molecule has 2 aliphatic heterocycles. The smallest absolute Gasteiger partial charge is 0.251 e. The van der Waals surface area contributed by atoms with Gasteiger partial charge in [-0.2, -0.15) is 0 Å². The summed E-state index contributed by atoms with van der Waals surface area (Å²) < 4.78 is 11.6. The zero-order valence-electron chi connectivity index (χ0n) is 14.7. The zero-order chi connectivity index (χ0) is 16.9. The number of amides is 1. The van der Waals surface area contributed by atoms with Crippen molar-refractivity contribution in [1.82, 2.24) is 10.2 Å². The molecular weight excluding hydrogens is 304 g/mol. The quantitative estimate of drug-likeness (QED) is 0.868. The summed E-state index contributed by atoms with van der Waals surface area (Å²) in [5.74, 6) is 1.13. The second-order valence-corrected chi connectivity index (χ2v) is 7.19. The Hall–Kier alpha value is -1.59. The third-order valence-corrected chi connectivity index (χ3v) is 4.63. The van der Waals surface area contributed by atoms with Gasteiger partial charge in [0.05, 0.1) is 19.3 Å². The Balaban J connectivity index is 1.49. The Kier molecular flexibility index (Phi) is 5.74. The minimum atomic E-state index is -0.0721. The normalized spacial score (nSPS) is 24.0. The van der Waals surface area contributed by atoms with E-state index in [0.29, 0.717) is 30.7 Å². The molecule has 2 saturated heterocycles. The largest absolute Gasteiger partial charge is 0.493 e. The van der Waals surface area contributed by atoms with Crippen LogP contribution in [-0.2, 0) is 4.74 Å². The van der Waals surface area contributed by atoms with Crippen molar-refractivity contribution in [1.29, 1.82) is 0 Å². The van der Waals surface area contributed by atoms with Crippen LogP contribution in [0.1, 0.15) is 37.0 Å². The number of hydrogen-bond donors (Lipinski definition) is 1. The summed E-state index contributed by atoms with van der Waals surface area (Å²) in [6.45, 7) is 8.28. The average molecular weight is 332 g/mol. The summed E-state index contributed by atoms with van der Waals surface area (Å²) >= 11 is 0. The first-order valence-corrected chi connectivity index (χ1v) is 8.98. The molecule has 1 aromatic rings. The van der Waals surface area contributed by atoms with Gasteiger partial charge in [-0.05, 0) is 43.5 Å². The highest BCUT2D eigenvalue weighted by atomic mass is 16.5. The van der Waals surface area contributed by atoms with E-state index in [2.05, 4.69) is 24.1 Å². The number of rotatable bonds is 6. The Morgan fingerprint density at radius 3 is 3.17 bits per heavy atom. The number of carbonyl (C=O) groups excluding carboxylic acids is 1. The molecular formula is C19H28N2O3. The lowest BCUT2D eigenvalue weighted by atomic mass is 10.1. The van der Waals surface area contributed by atoms with E-state index >= 15 is 0 Å². The SMILES string of the molecule is CC(C)COc1cccc(C(=O)NC[C@H]2CN3CCC[C@H]3CO2)c1. The zero-order valence-corrected chi connectivity index (χ0v) is 14.7. The summed E-state index contributed by atoms with van der Waals surface area (Å²) in [6, 6.07) is 7.95. The second kappa shape index (κ2) is 7.99. The summed E-state index contributed by atoms with van der Waals surface area (Å²) in [5, 5.41) is 2.99. The molecule has 2 aliphatic rings. The number of benzene rings is 1. The van der Waals surface area contributed by atoms with Gasteiger partial charge >= 0.3 is 0 Å². The van der Waals surface area contributed by atoms with Gasteiger partial charge in [0, 0.05) is 24.7 Å². The fourth-order valence-electron chi connectivity index (χ4n) is 3.31. The van der Waals surface area contributed by atoms with Crippen LogP contribution in [0.15, 0.2) is 24.3 Å². The minimum absolute atomic E-state index is 0.0721. The van der Waals surface area contributed by atoms with Crippen LogP contribution < -0.4 is 10.1 Å². The van der Waals surface area contributed by atoms with Gasteiger partial charge < -0.3 is 14.8 Å². The van der Waals surface area contributed by atoms with Gasteiger partial charge in [0.25, 0.3) is 5.91 Å². The Morgan fingerprint density at radius 2 is 2.33 bits per heavy atom. The molecule has 3 rings (SSSR count). The monoisotopic (exact) mass is 332 g/mol. The molecule has 5 heteroatoms. The van der Waals surface area contributed by atoms with Gasteiger partial charge in [-0.1, -0.05) is 19.9 Å². The molecule has 24 heavy (non-hydrogen) atoms. The van der Waals surface area contributed by atoms with E-state index in [1.165, 1.54) is 12.8 Å². The van der Waals surface area contributed by atoms with Crippen LogP contribution in [0.3, 0.4) is 0 Å². The Morgan fingerprint density at radius 1 is 1.46 bits per heavy atom. The van der Waals surface area contributed by atoms with Crippen molar-refractivity contribution in [2.24, 2.45) is 5.92 Å². The van der Waals surface area contributed by atoms with E-state index in [9.17, 15) is 4.79 Å². The molecule has 0 saturated carbocycles. The van der Waals surface area contributed by atoms with Gasteiger partial charge in [-0.15, -0.1) is 0 Å². The number of ether oxygens (including phenoxy) is 2. The molecule has 0 unspecified atom stereocenters. The third kappa shape index (κ3) is 4.48. The fourth-order valence-corrected chi connectivity index (χ4v) is 3.31.